The zero-order chi connectivity index (χ0) is 26.2. The molecule has 2 aliphatic rings. The second-order valence-corrected chi connectivity index (χ2v) is 11.0. The predicted octanol–water partition coefficient (Wildman–Crippen LogP) is 8.42. The van der Waals surface area contributed by atoms with Crippen LogP contribution in [-0.2, 0) is 10.8 Å². The van der Waals surface area contributed by atoms with Crippen molar-refractivity contribution in [1.29, 1.82) is 0 Å². The first-order chi connectivity index (χ1) is 19.1. The van der Waals surface area contributed by atoms with E-state index in [1.54, 1.807) is 0 Å². The van der Waals surface area contributed by atoms with E-state index in [-0.39, 0.29) is 5.41 Å². The Labute approximate surface area is 227 Å². The van der Waals surface area contributed by atoms with Crippen LogP contribution in [-0.4, -0.2) is 9.97 Å². The number of para-hydroxylation sites is 4. The van der Waals surface area contributed by atoms with Crippen molar-refractivity contribution in [2.24, 2.45) is 0 Å². The molecule has 0 N–H and O–H groups in total. The van der Waals surface area contributed by atoms with Crippen LogP contribution in [0.5, 0.6) is 11.5 Å². The van der Waals surface area contributed by atoms with Gasteiger partial charge in [0, 0.05) is 22.1 Å². The van der Waals surface area contributed by atoms with Crippen LogP contribution in [0.2, 0.25) is 0 Å². The van der Waals surface area contributed by atoms with Crippen molar-refractivity contribution < 1.29 is 4.74 Å². The lowest BCUT2D eigenvalue weighted by Crippen LogP contribution is -2.43. The monoisotopic (exact) mass is 502 g/mol. The Morgan fingerprint density at radius 2 is 1.10 bits per heavy atom. The number of hydrogen-bond donors (Lipinski definition) is 0. The molecule has 5 aromatic carbocycles. The van der Waals surface area contributed by atoms with Crippen molar-refractivity contribution in [2.45, 2.75) is 24.7 Å². The van der Waals surface area contributed by atoms with Gasteiger partial charge in [-0.25, -0.2) is 4.98 Å². The van der Waals surface area contributed by atoms with E-state index < -0.39 is 5.41 Å². The number of fused-ring (bicyclic) bond motifs is 9. The minimum absolute atomic E-state index is 0.146. The molecule has 0 amide bonds. The molecule has 0 atom stereocenters. The summed E-state index contributed by atoms with van der Waals surface area (Å²) >= 11 is 0. The van der Waals surface area contributed by atoms with Gasteiger partial charge < -0.3 is 4.74 Å². The summed E-state index contributed by atoms with van der Waals surface area (Å²) in [6.07, 6.45) is 1.86. The fourth-order valence-corrected chi connectivity index (χ4v) is 6.93. The number of benzene rings is 5. The Bertz CT molecular complexity index is 1890. The van der Waals surface area contributed by atoms with Crippen molar-refractivity contribution in [3.63, 3.8) is 0 Å². The third kappa shape index (κ3) is 2.87. The van der Waals surface area contributed by atoms with Gasteiger partial charge in [0.25, 0.3) is 0 Å². The van der Waals surface area contributed by atoms with Crippen LogP contribution in [0, 0.1) is 0 Å². The largest absolute Gasteiger partial charge is 0.456 e. The molecular weight excluding hydrogens is 476 g/mol. The average molecular weight is 503 g/mol. The van der Waals surface area contributed by atoms with Gasteiger partial charge in [0.15, 0.2) is 0 Å². The van der Waals surface area contributed by atoms with Crippen LogP contribution in [0.25, 0.3) is 22.3 Å². The maximum Gasteiger partial charge on any atom is 0.141 e. The minimum atomic E-state index is -0.535. The van der Waals surface area contributed by atoms with Gasteiger partial charge in [0.2, 0.25) is 0 Å². The van der Waals surface area contributed by atoms with Gasteiger partial charge in [0.05, 0.1) is 28.3 Å². The van der Waals surface area contributed by atoms with Crippen molar-refractivity contribution in [1.82, 2.24) is 9.97 Å². The van der Waals surface area contributed by atoms with E-state index in [1.165, 1.54) is 22.3 Å². The Morgan fingerprint density at radius 3 is 1.82 bits per heavy atom. The van der Waals surface area contributed by atoms with Crippen LogP contribution in [0.1, 0.15) is 47.2 Å². The third-order valence-electron chi connectivity index (χ3n) is 8.66. The zero-order valence-corrected chi connectivity index (χ0v) is 21.8. The number of aromatic nitrogens is 2. The highest BCUT2D eigenvalue weighted by Gasteiger charge is 2.53. The van der Waals surface area contributed by atoms with E-state index in [0.717, 1.165) is 44.9 Å². The fraction of sp³-hybridized carbons (Fsp3) is 0.111. The maximum absolute atomic E-state index is 6.82. The normalized spacial score (nSPS) is 15.5. The van der Waals surface area contributed by atoms with Gasteiger partial charge in [-0.05, 0) is 46.5 Å². The first kappa shape index (κ1) is 22.2. The Balaban J connectivity index is 1.52. The molecule has 39 heavy (non-hydrogen) atoms. The summed E-state index contributed by atoms with van der Waals surface area (Å²) in [5, 5.41) is 0. The molecule has 0 unspecified atom stereocenters. The molecule has 3 nitrogen and oxygen atoms in total. The fourth-order valence-electron chi connectivity index (χ4n) is 6.93. The third-order valence-corrected chi connectivity index (χ3v) is 8.66. The molecule has 0 fully saturated rings. The minimum Gasteiger partial charge on any atom is -0.456 e. The van der Waals surface area contributed by atoms with E-state index in [1.807, 2.05) is 30.5 Å². The zero-order valence-electron chi connectivity index (χ0n) is 21.8. The van der Waals surface area contributed by atoms with Crippen molar-refractivity contribution in [3.8, 4) is 22.8 Å². The summed E-state index contributed by atoms with van der Waals surface area (Å²) in [5.41, 5.74) is 10.4. The van der Waals surface area contributed by atoms with Crippen molar-refractivity contribution >= 4 is 11.0 Å². The average Bonchev–Trinajstić information content (AvgIpc) is 2.99. The molecular formula is C36H26N2O. The molecule has 6 aromatic rings. The highest BCUT2D eigenvalue weighted by atomic mass is 16.5. The van der Waals surface area contributed by atoms with Crippen LogP contribution in [0.3, 0.4) is 0 Å². The smallest absolute Gasteiger partial charge is 0.141 e. The summed E-state index contributed by atoms with van der Waals surface area (Å²) in [4.78, 5) is 9.74. The second-order valence-electron chi connectivity index (χ2n) is 11.0. The number of rotatable bonds is 1. The highest BCUT2D eigenvalue weighted by molar-refractivity contribution is 5.83. The quantitative estimate of drug-likeness (QED) is 0.226. The molecule has 1 spiro atoms. The molecule has 0 saturated carbocycles. The van der Waals surface area contributed by atoms with Gasteiger partial charge in [0.1, 0.15) is 11.5 Å². The molecule has 0 bridgehead atoms. The molecule has 2 heterocycles. The van der Waals surface area contributed by atoms with E-state index in [2.05, 4.69) is 105 Å². The van der Waals surface area contributed by atoms with Crippen LogP contribution in [0.4, 0.5) is 0 Å². The Morgan fingerprint density at radius 1 is 0.538 bits per heavy atom. The molecule has 1 aliphatic heterocycles. The SMILES string of the molecule is CC1(C)c2ccccc2C2(c3ccccc3Oc3c(-c4cnc5ccccc5n4)cccc32)c2ccccc21. The van der Waals surface area contributed by atoms with Crippen LogP contribution >= 0.6 is 0 Å². The predicted molar refractivity (Wildman–Crippen MR) is 155 cm³/mol. The second kappa shape index (κ2) is 7.87. The number of ether oxygens (including phenoxy) is 1. The lowest BCUT2D eigenvalue weighted by Gasteiger charge is -2.50. The molecule has 186 valence electrons. The van der Waals surface area contributed by atoms with E-state index in [4.69, 9.17) is 14.7 Å². The lowest BCUT2D eigenvalue weighted by atomic mass is 9.53. The summed E-state index contributed by atoms with van der Waals surface area (Å²) in [6, 6.07) is 40.8. The molecule has 8 rings (SSSR count). The van der Waals surface area contributed by atoms with Gasteiger partial charge in [-0.1, -0.05) is 105 Å². The maximum atomic E-state index is 6.82. The molecule has 0 saturated heterocycles. The van der Waals surface area contributed by atoms with Crippen LogP contribution < -0.4 is 4.74 Å². The van der Waals surface area contributed by atoms with Crippen LogP contribution in [0.15, 0.2) is 121 Å². The lowest BCUT2D eigenvalue weighted by molar-refractivity contribution is 0.426. The van der Waals surface area contributed by atoms with E-state index >= 15 is 0 Å². The van der Waals surface area contributed by atoms with E-state index in [0.29, 0.717) is 0 Å². The van der Waals surface area contributed by atoms with Gasteiger partial charge >= 0.3 is 0 Å². The summed E-state index contributed by atoms with van der Waals surface area (Å²) in [7, 11) is 0. The summed E-state index contributed by atoms with van der Waals surface area (Å²) in [6.45, 7) is 4.68. The highest BCUT2D eigenvalue weighted by Crippen LogP contribution is 2.62. The van der Waals surface area contributed by atoms with Crippen molar-refractivity contribution in [2.75, 3.05) is 0 Å². The number of hydrogen-bond acceptors (Lipinski definition) is 3. The van der Waals surface area contributed by atoms with E-state index in [9.17, 15) is 0 Å². The van der Waals surface area contributed by atoms with Gasteiger partial charge in [-0.2, -0.15) is 0 Å². The van der Waals surface area contributed by atoms with Gasteiger partial charge in [-0.15, -0.1) is 0 Å². The molecule has 1 aliphatic carbocycles. The first-order valence-corrected chi connectivity index (χ1v) is 13.4. The topological polar surface area (TPSA) is 35.0 Å². The standard InChI is InChI=1S/C36H26N2O/c1-35(2)24-13-3-5-15-26(24)36(27-16-6-4-14-25(27)35)28-17-7-10-21-33(28)39-34-23(12-11-18-29(34)36)32-22-37-30-19-8-9-20-31(30)38-32/h3-22H,1-2H3. The summed E-state index contributed by atoms with van der Waals surface area (Å²) in [5.74, 6) is 1.71. The molecule has 1 aromatic heterocycles. The van der Waals surface area contributed by atoms with Crippen molar-refractivity contribution in [3.05, 3.63) is 155 Å². The molecule has 3 heteroatoms. The molecule has 0 radical (unpaired) electrons. The Kier molecular flexibility index (Phi) is 4.49. The number of nitrogens with zero attached hydrogens (tertiary/aromatic N) is 2. The first-order valence-electron chi connectivity index (χ1n) is 13.4. The van der Waals surface area contributed by atoms with Gasteiger partial charge in [-0.3, -0.25) is 4.98 Å². The Hall–Kier alpha value is -4.76. The summed E-state index contributed by atoms with van der Waals surface area (Å²) < 4.78 is 6.82.